The highest BCUT2D eigenvalue weighted by atomic mass is 79.9. The van der Waals surface area contributed by atoms with E-state index in [1.807, 2.05) is 6.07 Å². The van der Waals surface area contributed by atoms with Gasteiger partial charge in [-0.05, 0) is 73.6 Å². The van der Waals surface area contributed by atoms with Gasteiger partial charge in [0.15, 0.2) is 0 Å². The second kappa shape index (κ2) is 8.06. The van der Waals surface area contributed by atoms with Crippen LogP contribution in [0.25, 0.3) is 11.1 Å². The number of halogens is 1. The number of benzene rings is 5. The second-order valence-corrected chi connectivity index (χ2v) is 9.25. The van der Waals surface area contributed by atoms with E-state index in [0.29, 0.717) is 0 Å². The molecule has 0 radical (unpaired) electrons. The molecule has 158 valence electrons. The first-order valence-electron chi connectivity index (χ1n) is 11.2. The standard InChI is InChI=1S/C31H22BrN/c32-29-20-26-25-18-10-11-19-27(25)31(22-12-4-1-5-13-22,23-14-6-2-7-15-23)28(26)21-30(29)33-24-16-8-3-9-17-24/h1-21,33H. The number of anilines is 2. The first-order valence-corrected chi connectivity index (χ1v) is 11.9. The molecule has 0 heterocycles. The summed E-state index contributed by atoms with van der Waals surface area (Å²) in [5, 5.41) is 3.62. The van der Waals surface area contributed by atoms with Crippen LogP contribution in [0.5, 0.6) is 0 Å². The lowest BCUT2D eigenvalue weighted by atomic mass is 9.67. The van der Waals surface area contributed by atoms with E-state index in [9.17, 15) is 0 Å². The summed E-state index contributed by atoms with van der Waals surface area (Å²) in [6.07, 6.45) is 0. The average molecular weight is 488 g/mol. The molecule has 0 aliphatic heterocycles. The number of para-hydroxylation sites is 1. The molecular weight excluding hydrogens is 466 g/mol. The van der Waals surface area contributed by atoms with Crippen LogP contribution < -0.4 is 5.32 Å². The van der Waals surface area contributed by atoms with Crippen LogP contribution in [0.2, 0.25) is 0 Å². The zero-order valence-corrected chi connectivity index (χ0v) is 19.6. The van der Waals surface area contributed by atoms with Gasteiger partial charge in [-0.3, -0.25) is 0 Å². The summed E-state index contributed by atoms with van der Waals surface area (Å²) in [6.45, 7) is 0. The van der Waals surface area contributed by atoms with Gasteiger partial charge in [0.1, 0.15) is 0 Å². The van der Waals surface area contributed by atoms with E-state index in [1.54, 1.807) is 0 Å². The van der Waals surface area contributed by atoms with E-state index in [4.69, 9.17) is 0 Å². The second-order valence-electron chi connectivity index (χ2n) is 8.40. The first kappa shape index (κ1) is 20.0. The molecule has 0 unspecified atom stereocenters. The minimum absolute atomic E-state index is 0.387. The summed E-state index contributed by atoms with van der Waals surface area (Å²) in [4.78, 5) is 0. The molecule has 0 bridgehead atoms. The lowest BCUT2D eigenvalue weighted by Crippen LogP contribution is -2.28. The maximum Gasteiger partial charge on any atom is 0.0714 e. The highest BCUT2D eigenvalue weighted by Crippen LogP contribution is 2.57. The zero-order chi connectivity index (χ0) is 22.3. The van der Waals surface area contributed by atoms with Gasteiger partial charge in [0.25, 0.3) is 0 Å². The third kappa shape index (κ3) is 3.13. The molecule has 33 heavy (non-hydrogen) atoms. The van der Waals surface area contributed by atoms with Crippen LogP contribution in [0.3, 0.4) is 0 Å². The first-order chi connectivity index (χ1) is 16.3. The van der Waals surface area contributed by atoms with Crippen LogP contribution >= 0.6 is 15.9 Å². The summed E-state index contributed by atoms with van der Waals surface area (Å²) >= 11 is 3.85. The van der Waals surface area contributed by atoms with Gasteiger partial charge in [-0.15, -0.1) is 0 Å². The molecule has 0 saturated carbocycles. The molecular formula is C31H22BrN. The van der Waals surface area contributed by atoms with Crippen molar-refractivity contribution >= 4 is 27.3 Å². The lowest BCUT2D eigenvalue weighted by Gasteiger charge is -2.34. The van der Waals surface area contributed by atoms with Crippen LogP contribution in [-0.2, 0) is 5.41 Å². The third-order valence-electron chi connectivity index (χ3n) is 6.60. The predicted molar refractivity (Wildman–Crippen MR) is 141 cm³/mol. The van der Waals surface area contributed by atoms with Gasteiger partial charge in [0.2, 0.25) is 0 Å². The molecule has 0 amide bonds. The summed E-state index contributed by atoms with van der Waals surface area (Å²) in [6, 6.07) is 45.5. The highest BCUT2D eigenvalue weighted by molar-refractivity contribution is 9.10. The highest BCUT2D eigenvalue weighted by Gasteiger charge is 2.46. The Balaban J connectivity index is 1.68. The van der Waals surface area contributed by atoms with Crippen molar-refractivity contribution in [2.75, 3.05) is 5.32 Å². The van der Waals surface area contributed by atoms with Gasteiger partial charge < -0.3 is 5.32 Å². The number of hydrogen-bond acceptors (Lipinski definition) is 1. The van der Waals surface area contributed by atoms with Crippen LogP contribution in [-0.4, -0.2) is 0 Å². The van der Waals surface area contributed by atoms with Crippen molar-refractivity contribution in [3.8, 4) is 11.1 Å². The number of rotatable bonds is 4. The topological polar surface area (TPSA) is 12.0 Å². The summed E-state index contributed by atoms with van der Waals surface area (Å²) in [5.41, 5.74) is 9.45. The molecule has 0 atom stereocenters. The molecule has 6 rings (SSSR count). The number of fused-ring (bicyclic) bond motifs is 3. The maximum atomic E-state index is 3.85. The van der Waals surface area contributed by atoms with E-state index >= 15 is 0 Å². The summed E-state index contributed by atoms with van der Waals surface area (Å²) in [7, 11) is 0. The smallest absolute Gasteiger partial charge is 0.0714 e. The Morgan fingerprint density at radius 3 is 1.70 bits per heavy atom. The van der Waals surface area contributed by atoms with Crippen molar-refractivity contribution in [2.24, 2.45) is 0 Å². The molecule has 0 spiro atoms. The van der Waals surface area contributed by atoms with Crippen molar-refractivity contribution in [3.63, 3.8) is 0 Å². The Labute approximate surface area is 202 Å². The Kier molecular flexibility index (Phi) is 4.89. The Bertz CT molecular complexity index is 1390. The predicted octanol–water partition coefficient (Wildman–Crippen LogP) is 8.56. The summed E-state index contributed by atoms with van der Waals surface area (Å²) in [5.74, 6) is 0. The largest absolute Gasteiger partial charge is 0.355 e. The fraction of sp³-hybridized carbons (Fsp3) is 0.0323. The van der Waals surface area contributed by atoms with Gasteiger partial charge in [-0.25, -0.2) is 0 Å². The molecule has 0 fully saturated rings. The fourth-order valence-corrected chi connectivity index (χ4v) is 5.68. The van der Waals surface area contributed by atoms with Gasteiger partial charge in [0.05, 0.1) is 11.1 Å². The molecule has 0 saturated heterocycles. The fourth-order valence-electron chi connectivity index (χ4n) is 5.23. The Morgan fingerprint density at radius 2 is 1.06 bits per heavy atom. The molecule has 0 aromatic heterocycles. The van der Waals surface area contributed by atoms with Crippen LogP contribution in [0.1, 0.15) is 22.3 Å². The molecule has 1 aliphatic rings. The SMILES string of the molecule is Brc1cc2c(cc1Nc1ccccc1)C(c1ccccc1)(c1ccccc1)c1ccccc1-2. The quantitative estimate of drug-likeness (QED) is 0.262. The normalized spacial score (nSPS) is 13.2. The van der Waals surface area contributed by atoms with E-state index < -0.39 is 0 Å². The number of nitrogens with one attached hydrogen (secondary N) is 1. The van der Waals surface area contributed by atoms with Gasteiger partial charge in [0, 0.05) is 10.2 Å². The van der Waals surface area contributed by atoms with E-state index in [1.165, 1.54) is 33.4 Å². The minimum atomic E-state index is -0.387. The molecule has 1 aliphatic carbocycles. The number of hydrogen-bond donors (Lipinski definition) is 1. The van der Waals surface area contributed by atoms with E-state index in [-0.39, 0.29) is 5.41 Å². The Hall–Kier alpha value is -3.62. The molecule has 1 N–H and O–H groups in total. The maximum absolute atomic E-state index is 3.85. The average Bonchev–Trinajstić information content (AvgIpc) is 3.16. The van der Waals surface area contributed by atoms with E-state index in [2.05, 4.69) is 143 Å². The van der Waals surface area contributed by atoms with Gasteiger partial charge >= 0.3 is 0 Å². The van der Waals surface area contributed by atoms with Crippen LogP contribution in [0.15, 0.2) is 132 Å². The van der Waals surface area contributed by atoms with Gasteiger partial charge in [-0.2, -0.15) is 0 Å². The summed E-state index contributed by atoms with van der Waals surface area (Å²) < 4.78 is 1.05. The van der Waals surface area contributed by atoms with Crippen molar-refractivity contribution in [1.29, 1.82) is 0 Å². The lowest BCUT2D eigenvalue weighted by molar-refractivity contribution is 0.768. The van der Waals surface area contributed by atoms with Gasteiger partial charge in [-0.1, -0.05) is 103 Å². The monoisotopic (exact) mass is 487 g/mol. The molecule has 5 aromatic rings. The van der Waals surface area contributed by atoms with Crippen molar-refractivity contribution in [1.82, 2.24) is 0 Å². The minimum Gasteiger partial charge on any atom is -0.355 e. The van der Waals surface area contributed by atoms with Crippen molar-refractivity contribution in [3.05, 3.63) is 154 Å². The third-order valence-corrected chi connectivity index (χ3v) is 7.25. The van der Waals surface area contributed by atoms with Crippen LogP contribution in [0, 0.1) is 0 Å². The zero-order valence-electron chi connectivity index (χ0n) is 18.0. The van der Waals surface area contributed by atoms with E-state index in [0.717, 1.165) is 15.8 Å². The molecule has 2 heteroatoms. The van der Waals surface area contributed by atoms with Crippen molar-refractivity contribution in [2.45, 2.75) is 5.41 Å². The van der Waals surface area contributed by atoms with Crippen molar-refractivity contribution < 1.29 is 0 Å². The Morgan fingerprint density at radius 1 is 0.515 bits per heavy atom. The molecule has 5 aromatic carbocycles. The van der Waals surface area contributed by atoms with Crippen LogP contribution in [0.4, 0.5) is 11.4 Å². The molecule has 1 nitrogen and oxygen atoms in total.